The summed E-state index contributed by atoms with van der Waals surface area (Å²) >= 11 is 1.59. The monoisotopic (exact) mass is 523 g/mol. The predicted molar refractivity (Wildman–Crippen MR) is 130 cm³/mol. The second-order valence-corrected chi connectivity index (χ2v) is 9.62. The number of fused-ring (bicyclic) bond motifs is 1. The van der Waals surface area contributed by atoms with Crippen LogP contribution >= 0.6 is 11.8 Å². The molecule has 4 rings (SSSR count). The number of halogens is 3. The smallest absolute Gasteiger partial charge is 0.416 e. The molecule has 1 fully saturated rings. The average molecular weight is 524 g/mol. The fraction of sp³-hybridized carbons (Fsp3) is 0.462. The zero-order valence-corrected chi connectivity index (χ0v) is 20.5. The van der Waals surface area contributed by atoms with E-state index in [-0.39, 0.29) is 24.1 Å². The number of benzene rings is 1. The van der Waals surface area contributed by atoms with Crippen LogP contribution in [0, 0.1) is 0 Å². The van der Waals surface area contributed by atoms with Crippen molar-refractivity contribution in [2.24, 2.45) is 0 Å². The van der Waals surface area contributed by atoms with Crippen LogP contribution in [0.3, 0.4) is 0 Å². The lowest BCUT2D eigenvalue weighted by Gasteiger charge is -2.22. The van der Waals surface area contributed by atoms with Crippen molar-refractivity contribution in [1.29, 1.82) is 0 Å². The third-order valence-electron chi connectivity index (χ3n) is 5.74. The van der Waals surface area contributed by atoms with Gasteiger partial charge < -0.3 is 18.6 Å². The molecular weight excluding hydrogens is 495 g/mol. The van der Waals surface area contributed by atoms with Crippen LogP contribution in [0.5, 0.6) is 5.75 Å². The number of aromatic nitrogens is 1. The van der Waals surface area contributed by atoms with Gasteiger partial charge in [-0.25, -0.2) is 0 Å². The van der Waals surface area contributed by atoms with Crippen molar-refractivity contribution < 1.29 is 31.8 Å². The second kappa shape index (κ2) is 12.6. The molecule has 1 saturated heterocycles. The Hall–Kier alpha value is -2.56. The van der Waals surface area contributed by atoms with Gasteiger partial charge in [-0.15, -0.1) is 11.8 Å². The summed E-state index contributed by atoms with van der Waals surface area (Å²) in [5.74, 6) is 1.40. The molecule has 0 bridgehead atoms. The Morgan fingerprint density at radius 2 is 2.00 bits per heavy atom. The molecule has 0 spiro atoms. The first-order chi connectivity index (χ1) is 17.4. The number of rotatable bonds is 11. The highest BCUT2D eigenvalue weighted by molar-refractivity contribution is 7.99. The Balaban J connectivity index is 1.16. The number of ether oxygens (including phenoxy) is 3. The Labute approximate surface area is 211 Å². The lowest BCUT2D eigenvalue weighted by Crippen LogP contribution is -2.22. The van der Waals surface area contributed by atoms with Gasteiger partial charge in [0.1, 0.15) is 18.6 Å². The van der Waals surface area contributed by atoms with Gasteiger partial charge in [-0.2, -0.15) is 13.2 Å². The molecule has 1 aliphatic rings. The molecule has 194 valence electrons. The van der Waals surface area contributed by atoms with Crippen molar-refractivity contribution in [2.45, 2.75) is 62.5 Å². The van der Waals surface area contributed by atoms with Crippen molar-refractivity contribution in [3.63, 3.8) is 0 Å². The van der Waals surface area contributed by atoms with Crippen LogP contribution in [0.1, 0.15) is 49.8 Å². The molecule has 10 heteroatoms. The van der Waals surface area contributed by atoms with Crippen LogP contribution in [0.15, 0.2) is 56.9 Å². The molecule has 1 unspecified atom stereocenters. The van der Waals surface area contributed by atoms with E-state index in [2.05, 4.69) is 4.98 Å². The van der Waals surface area contributed by atoms with Crippen LogP contribution in [0.4, 0.5) is 13.2 Å². The Kier molecular flexibility index (Phi) is 9.28. The van der Waals surface area contributed by atoms with Gasteiger partial charge in [-0.05, 0) is 62.5 Å². The standard InChI is InChI=1S/C26H28F3NO5S/c27-26(28,29)18-7-8-20-21(14-18)30-10-9-24(20)36-13-5-1-3-11-32-23-17-34-19(15-22(23)31)16-35-25-6-2-4-12-33-25/h7-10,14-15,17,25H,1-6,11-13,16H2. The fourth-order valence-electron chi connectivity index (χ4n) is 3.81. The molecule has 1 atom stereocenters. The maximum atomic E-state index is 12.9. The van der Waals surface area contributed by atoms with E-state index >= 15 is 0 Å². The molecule has 3 aromatic rings. The molecular formula is C26H28F3NO5S. The van der Waals surface area contributed by atoms with Gasteiger partial charge in [0, 0.05) is 29.2 Å². The van der Waals surface area contributed by atoms with Gasteiger partial charge in [-0.3, -0.25) is 9.78 Å². The lowest BCUT2D eigenvalue weighted by atomic mass is 10.1. The van der Waals surface area contributed by atoms with Crippen LogP contribution in [-0.4, -0.2) is 30.2 Å². The number of unbranched alkanes of at least 4 members (excludes halogenated alkanes) is 2. The van der Waals surface area contributed by atoms with E-state index in [1.807, 2.05) is 6.07 Å². The predicted octanol–water partition coefficient (Wildman–Crippen LogP) is 6.59. The van der Waals surface area contributed by atoms with Crippen molar-refractivity contribution in [3.8, 4) is 5.75 Å². The molecule has 0 radical (unpaired) electrons. The largest absolute Gasteiger partial charge is 0.487 e. The van der Waals surface area contributed by atoms with Crippen LogP contribution in [0.25, 0.3) is 10.9 Å². The summed E-state index contributed by atoms with van der Waals surface area (Å²) in [4.78, 5) is 17.2. The quantitative estimate of drug-likeness (QED) is 0.207. The van der Waals surface area contributed by atoms with Gasteiger partial charge >= 0.3 is 6.18 Å². The van der Waals surface area contributed by atoms with Crippen molar-refractivity contribution in [2.75, 3.05) is 19.0 Å². The molecule has 1 aromatic carbocycles. The van der Waals surface area contributed by atoms with E-state index in [0.29, 0.717) is 29.9 Å². The number of hydrogen-bond acceptors (Lipinski definition) is 7. The summed E-state index contributed by atoms with van der Waals surface area (Å²) in [5.41, 5.74) is -0.615. The molecule has 0 N–H and O–H groups in total. The van der Waals surface area contributed by atoms with Crippen LogP contribution < -0.4 is 10.2 Å². The molecule has 0 amide bonds. The molecule has 0 aliphatic carbocycles. The summed E-state index contributed by atoms with van der Waals surface area (Å²) in [6.45, 7) is 1.25. The van der Waals surface area contributed by atoms with Crippen molar-refractivity contribution in [1.82, 2.24) is 4.98 Å². The summed E-state index contributed by atoms with van der Waals surface area (Å²) in [6, 6.07) is 6.85. The minimum Gasteiger partial charge on any atom is -0.487 e. The normalized spacial score (nSPS) is 16.4. The third-order valence-corrected chi connectivity index (χ3v) is 6.90. The Bertz CT molecular complexity index is 1190. The third kappa shape index (κ3) is 7.47. The van der Waals surface area contributed by atoms with Gasteiger partial charge in [0.2, 0.25) is 11.2 Å². The molecule has 1 aliphatic heterocycles. The average Bonchev–Trinajstić information content (AvgIpc) is 2.87. The maximum Gasteiger partial charge on any atom is 0.416 e. The topological polar surface area (TPSA) is 70.8 Å². The maximum absolute atomic E-state index is 12.9. The number of thioether (sulfide) groups is 1. The number of pyridine rings is 1. The number of nitrogens with zero attached hydrogens (tertiary/aromatic N) is 1. The Morgan fingerprint density at radius 3 is 2.78 bits per heavy atom. The SMILES string of the molecule is O=c1cc(COC2CCCCO2)occ1OCCCCCSc1ccnc2cc(C(F)(F)F)ccc12. The highest BCUT2D eigenvalue weighted by Gasteiger charge is 2.30. The molecule has 0 saturated carbocycles. The summed E-state index contributed by atoms with van der Waals surface area (Å²) in [6.07, 6.45) is 3.69. The highest BCUT2D eigenvalue weighted by Crippen LogP contribution is 2.34. The van der Waals surface area contributed by atoms with Gasteiger partial charge in [0.25, 0.3) is 0 Å². The van der Waals surface area contributed by atoms with Crippen molar-refractivity contribution >= 4 is 22.7 Å². The van der Waals surface area contributed by atoms with E-state index in [4.69, 9.17) is 18.6 Å². The van der Waals surface area contributed by atoms with Crippen molar-refractivity contribution in [3.05, 3.63) is 64.3 Å². The first-order valence-electron chi connectivity index (χ1n) is 12.0. The number of alkyl halides is 3. The van der Waals surface area contributed by atoms with Crippen LogP contribution in [-0.2, 0) is 22.3 Å². The zero-order chi connectivity index (χ0) is 25.4. The summed E-state index contributed by atoms with van der Waals surface area (Å²) in [5, 5.41) is 0.714. The molecule has 2 aromatic heterocycles. The van der Waals surface area contributed by atoms with Gasteiger partial charge in [0.05, 0.1) is 17.7 Å². The molecule has 36 heavy (non-hydrogen) atoms. The molecule has 3 heterocycles. The highest BCUT2D eigenvalue weighted by atomic mass is 32.2. The van der Waals surface area contributed by atoms with Crippen LogP contribution in [0.2, 0.25) is 0 Å². The molecule has 6 nitrogen and oxygen atoms in total. The van der Waals surface area contributed by atoms with E-state index < -0.39 is 11.7 Å². The Morgan fingerprint density at radius 1 is 1.11 bits per heavy atom. The first-order valence-corrected chi connectivity index (χ1v) is 13.0. The van der Waals surface area contributed by atoms with Gasteiger partial charge in [-0.1, -0.05) is 6.07 Å². The van der Waals surface area contributed by atoms with E-state index in [1.165, 1.54) is 24.6 Å². The number of hydrogen-bond donors (Lipinski definition) is 0. The summed E-state index contributed by atoms with van der Waals surface area (Å²) in [7, 11) is 0. The zero-order valence-electron chi connectivity index (χ0n) is 19.7. The van der Waals surface area contributed by atoms with E-state index in [0.717, 1.165) is 61.3 Å². The first kappa shape index (κ1) is 26.5. The second-order valence-electron chi connectivity index (χ2n) is 8.48. The van der Waals surface area contributed by atoms with Gasteiger partial charge in [0.15, 0.2) is 6.29 Å². The minimum absolute atomic E-state index is 0.170. The van der Waals surface area contributed by atoms with E-state index in [1.54, 1.807) is 11.8 Å². The minimum atomic E-state index is -4.39. The van der Waals surface area contributed by atoms with E-state index in [9.17, 15) is 18.0 Å². The summed E-state index contributed by atoms with van der Waals surface area (Å²) < 4.78 is 61.0. The lowest BCUT2D eigenvalue weighted by molar-refractivity contribution is -0.171. The fourth-order valence-corrected chi connectivity index (χ4v) is 4.86.